The Labute approximate surface area is 110 Å². The number of aromatic nitrogens is 1. The van der Waals surface area contributed by atoms with Crippen LogP contribution in [0.25, 0.3) is 0 Å². The Morgan fingerprint density at radius 3 is 2.53 bits per heavy atom. The van der Waals surface area contributed by atoms with E-state index in [2.05, 4.69) is 4.98 Å². The van der Waals surface area contributed by atoms with Crippen LogP contribution in [0, 0.1) is 0 Å². The highest BCUT2D eigenvalue weighted by Gasteiger charge is 2.04. The largest absolute Gasteiger partial charge is 0.457 e. The van der Waals surface area contributed by atoms with Gasteiger partial charge in [-0.2, -0.15) is 0 Å². The number of anilines is 2. The first kappa shape index (κ1) is 12.7. The van der Waals surface area contributed by atoms with E-state index in [4.69, 9.17) is 21.9 Å². The van der Waals surface area contributed by atoms with Gasteiger partial charge in [-0.1, -0.05) is 0 Å². The van der Waals surface area contributed by atoms with Gasteiger partial charge in [-0.3, -0.25) is 9.78 Å². The Bertz CT molecular complexity index is 613. The second-order valence-corrected chi connectivity index (χ2v) is 4.02. The molecule has 1 heterocycles. The summed E-state index contributed by atoms with van der Waals surface area (Å²) in [6.45, 7) is 0. The SMILES string of the molecule is NC(=O)Cc1cc(Oc2ccc(N)c(N)c2)ccn1. The molecule has 2 aromatic rings. The molecular weight excluding hydrogens is 244 g/mol. The lowest BCUT2D eigenvalue weighted by Crippen LogP contribution is -2.14. The van der Waals surface area contributed by atoms with Gasteiger partial charge in [-0.05, 0) is 18.2 Å². The Morgan fingerprint density at radius 2 is 1.84 bits per heavy atom. The quantitative estimate of drug-likeness (QED) is 0.709. The van der Waals surface area contributed by atoms with Gasteiger partial charge in [0.2, 0.25) is 5.91 Å². The van der Waals surface area contributed by atoms with E-state index in [0.29, 0.717) is 28.6 Å². The summed E-state index contributed by atoms with van der Waals surface area (Å²) in [4.78, 5) is 14.9. The van der Waals surface area contributed by atoms with Gasteiger partial charge in [0.05, 0.1) is 23.5 Å². The Hall–Kier alpha value is -2.76. The average molecular weight is 258 g/mol. The molecule has 0 atom stereocenters. The van der Waals surface area contributed by atoms with Crippen LogP contribution in [0.4, 0.5) is 11.4 Å². The zero-order valence-corrected chi connectivity index (χ0v) is 10.2. The van der Waals surface area contributed by atoms with Gasteiger partial charge in [0.15, 0.2) is 0 Å². The fourth-order valence-electron chi connectivity index (χ4n) is 1.55. The molecule has 19 heavy (non-hydrogen) atoms. The molecule has 0 aliphatic rings. The fourth-order valence-corrected chi connectivity index (χ4v) is 1.55. The number of benzene rings is 1. The maximum Gasteiger partial charge on any atom is 0.223 e. The Balaban J connectivity index is 2.18. The number of amides is 1. The first-order valence-electron chi connectivity index (χ1n) is 5.60. The molecule has 6 heteroatoms. The van der Waals surface area contributed by atoms with Crippen molar-refractivity contribution in [2.24, 2.45) is 5.73 Å². The van der Waals surface area contributed by atoms with Crippen molar-refractivity contribution in [1.82, 2.24) is 4.98 Å². The molecule has 0 unspecified atom stereocenters. The molecule has 0 saturated carbocycles. The summed E-state index contributed by atoms with van der Waals surface area (Å²) in [7, 11) is 0. The van der Waals surface area contributed by atoms with Crippen LogP contribution in [0.3, 0.4) is 0 Å². The number of nitrogens with two attached hydrogens (primary N) is 3. The van der Waals surface area contributed by atoms with Gasteiger partial charge in [0, 0.05) is 18.3 Å². The molecule has 0 aliphatic carbocycles. The maximum atomic E-state index is 10.8. The highest BCUT2D eigenvalue weighted by molar-refractivity contribution is 5.76. The standard InChI is InChI=1S/C13H14N4O2/c14-11-2-1-9(7-12(11)15)19-10-3-4-17-8(5-10)6-13(16)18/h1-5,7H,6,14-15H2,(H2,16,18). The maximum absolute atomic E-state index is 10.8. The molecule has 0 spiro atoms. The van der Waals surface area contributed by atoms with Gasteiger partial charge in [-0.25, -0.2) is 0 Å². The third-order valence-electron chi connectivity index (χ3n) is 2.44. The van der Waals surface area contributed by atoms with Crippen molar-refractivity contribution in [3.05, 3.63) is 42.2 Å². The lowest BCUT2D eigenvalue weighted by molar-refractivity contribution is -0.117. The monoisotopic (exact) mass is 258 g/mol. The first-order valence-corrected chi connectivity index (χ1v) is 5.60. The third kappa shape index (κ3) is 3.35. The number of ether oxygens (including phenoxy) is 1. The van der Waals surface area contributed by atoms with E-state index in [1.54, 1.807) is 36.5 Å². The van der Waals surface area contributed by atoms with Crippen LogP contribution in [0.5, 0.6) is 11.5 Å². The summed E-state index contributed by atoms with van der Waals surface area (Å²) in [5.74, 6) is 0.666. The molecule has 0 radical (unpaired) electrons. The van der Waals surface area contributed by atoms with E-state index >= 15 is 0 Å². The fraction of sp³-hybridized carbons (Fsp3) is 0.0769. The van der Waals surface area contributed by atoms with E-state index in [0.717, 1.165) is 0 Å². The third-order valence-corrected chi connectivity index (χ3v) is 2.44. The van der Waals surface area contributed by atoms with Crippen molar-refractivity contribution in [3.8, 4) is 11.5 Å². The molecule has 0 saturated heterocycles. The molecule has 1 amide bonds. The van der Waals surface area contributed by atoms with Crippen molar-refractivity contribution in [1.29, 1.82) is 0 Å². The van der Waals surface area contributed by atoms with Crippen LogP contribution in [0.15, 0.2) is 36.5 Å². The zero-order valence-electron chi connectivity index (χ0n) is 10.2. The highest BCUT2D eigenvalue weighted by Crippen LogP contribution is 2.26. The van der Waals surface area contributed by atoms with E-state index in [1.807, 2.05) is 0 Å². The lowest BCUT2D eigenvalue weighted by Gasteiger charge is -2.08. The smallest absolute Gasteiger partial charge is 0.223 e. The predicted octanol–water partition coefficient (Wildman–Crippen LogP) is 1.07. The number of pyridine rings is 1. The van der Waals surface area contributed by atoms with Crippen molar-refractivity contribution < 1.29 is 9.53 Å². The Morgan fingerprint density at radius 1 is 1.11 bits per heavy atom. The number of nitrogen functional groups attached to an aromatic ring is 2. The van der Waals surface area contributed by atoms with Crippen molar-refractivity contribution in [3.63, 3.8) is 0 Å². The molecule has 1 aromatic heterocycles. The number of nitrogens with zero attached hydrogens (tertiary/aromatic N) is 1. The molecule has 0 bridgehead atoms. The topological polar surface area (TPSA) is 117 Å². The number of hydrogen-bond acceptors (Lipinski definition) is 5. The van der Waals surface area contributed by atoms with Crippen molar-refractivity contribution >= 4 is 17.3 Å². The zero-order chi connectivity index (χ0) is 13.8. The summed E-state index contributed by atoms with van der Waals surface area (Å²) in [5, 5.41) is 0. The van der Waals surface area contributed by atoms with Crippen molar-refractivity contribution in [2.45, 2.75) is 6.42 Å². The van der Waals surface area contributed by atoms with Crippen LogP contribution < -0.4 is 21.9 Å². The summed E-state index contributed by atoms with van der Waals surface area (Å²) in [6.07, 6.45) is 1.62. The lowest BCUT2D eigenvalue weighted by atomic mass is 10.2. The molecule has 0 fully saturated rings. The van der Waals surface area contributed by atoms with Gasteiger partial charge < -0.3 is 21.9 Å². The molecule has 1 aromatic carbocycles. The van der Waals surface area contributed by atoms with Crippen LogP contribution in [-0.2, 0) is 11.2 Å². The highest BCUT2D eigenvalue weighted by atomic mass is 16.5. The van der Waals surface area contributed by atoms with Crippen molar-refractivity contribution in [2.75, 3.05) is 11.5 Å². The predicted molar refractivity (Wildman–Crippen MR) is 72.5 cm³/mol. The minimum atomic E-state index is -0.443. The molecular formula is C13H14N4O2. The van der Waals surface area contributed by atoms with Gasteiger partial charge in [0.1, 0.15) is 11.5 Å². The molecule has 2 rings (SSSR count). The van der Waals surface area contributed by atoms with E-state index in [-0.39, 0.29) is 6.42 Å². The van der Waals surface area contributed by atoms with Crippen LogP contribution in [0.1, 0.15) is 5.69 Å². The molecule has 6 N–H and O–H groups in total. The van der Waals surface area contributed by atoms with E-state index < -0.39 is 5.91 Å². The summed E-state index contributed by atoms with van der Waals surface area (Å²) >= 11 is 0. The summed E-state index contributed by atoms with van der Waals surface area (Å²) in [5.41, 5.74) is 17.9. The van der Waals surface area contributed by atoms with Crippen LogP contribution >= 0.6 is 0 Å². The molecule has 0 aliphatic heterocycles. The van der Waals surface area contributed by atoms with E-state index in [9.17, 15) is 4.79 Å². The van der Waals surface area contributed by atoms with Crippen LogP contribution in [-0.4, -0.2) is 10.9 Å². The second kappa shape index (κ2) is 5.26. The normalized spacial score (nSPS) is 10.1. The molecule has 6 nitrogen and oxygen atoms in total. The van der Waals surface area contributed by atoms with E-state index in [1.165, 1.54) is 0 Å². The number of rotatable bonds is 4. The van der Waals surface area contributed by atoms with Gasteiger partial charge >= 0.3 is 0 Å². The number of carbonyl (C=O) groups is 1. The summed E-state index contributed by atoms with van der Waals surface area (Å²) < 4.78 is 5.61. The number of hydrogen-bond donors (Lipinski definition) is 3. The first-order chi connectivity index (χ1) is 9.04. The summed E-state index contributed by atoms with van der Waals surface area (Å²) in [6, 6.07) is 8.33. The Kier molecular flexibility index (Phi) is 3.51. The minimum absolute atomic E-state index is 0.0705. The number of carbonyl (C=O) groups excluding carboxylic acids is 1. The average Bonchev–Trinajstić information content (AvgIpc) is 2.33. The second-order valence-electron chi connectivity index (χ2n) is 4.02. The molecule has 98 valence electrons. The van der Waals surface area contributed by atoms with Crippen LogP contribution in [0.2, 0.25) is 0 Å². The van der Waals surface area contributed by atoms with Gasteiger partial charge in [-0.15, -0.1) is 0 Å². The number of primary amides is 1. The van der Waals surface area contributed by atoms with Gasteiger partial charge in [0.25, 0.3) is 0 Å². The minimum Gasteiger partial charge on any atom is -0.457 e.